The van der Waals surface area contributed by atoms with Crippen molar-refractivity contribution in [2.24, 2.45) is 11.8 Å². The van der Waals surface area contributed by atoms with E-state index in [1.807, 2.05) is 0 Å². The summed E-state index contributed by atoms with van der Waals surface area (Å²) in [5, 5.41) is 10.5. The molecule has 0 aliphatic rings. The van der Waals surface area contributed by atoms with Gasteiger partial charge in [0.25, 0.3) is 0 Å². The van der Waals surface area contributed by atoms with E-state index >= 15 is 0 Å². The Labute approximate surface area is 479 Å². The molecule has 79 heavy (non-hydrogen) atoms. The molecule has 0 saturated heterocycles. The van der Waals surface area contributed by atoms with Gasteiger partial charge in [-0.3, -0.25) is 37.3 Å². The second-order valence-corrected chi connectivity index (χ2v) is 25.6. The fraction of sp³-hybridized carbons (Fsp3) is 0.933. The third-order valence-corrected chi connectivity index (χ3v) is 15.6. The van der Waals surface area contributed by atoms with Crippen LogP contribution in [0.25, 0.3) is 0 Å². The summed E-state index contributed by atoms with van der Waals surface area (Å²) >= 11 is 0. The van der Waals surface area contributed by atoms with E-state index in [0.717, 1.165) is 115 Å². The number of phosphoric acid groups is 2. The van der Waals surface area contributed by atoms with Crippen LogP contribution in [0.5, 0.6) is 0 Å². The van der Waals surface area contributed by atoms with Crippen LogP contribution in [0.3, 0.4) is 0 Å². The van der Waals surface area contributed by atoms with E-state index in [1.54, 1.807) is 0 Å². The average molecular weight is 1170 g/mol. The molecule has 2 unspecified atom stereocenters. The zero-order valence-electron chi connectivity index (χ0n) is 50.7. The third-order valence-electron chi connectivity index (χ3n) is 13.7. The predicted octanol–water partition coefficient (Wildman–Crippen LogP) is 16.1. The van der Waals surface area contributed by atoms with E-state index < -0.39 is 97.5 Å². The Hall–Kier alpha value is -1.94. The highest BCUT2D eigenvalue weighted by atomic mass is 31.2. The van der Waals surface area contributed by atoms with E-state index in [-0.39, 0.29) is 25.7 Å². The first kappa shape index (κ1) is 77.1. The minimum Gasteiger partial charge on any atom is -0.462 e. The van der Waals surface area contributed by atoms with Crippen molar-refractivity contribution in [1.82, 2.24) is 0 Å². The zero-order valence-corrected chi connectivity index (χ0v) is 52.4. The molecule has 0 bridgehead atoms. The van der Waals surface area contributed by atoms with Gasteiger partial charge < -0.3 is 33.8 Å². The van der Waals surface area contributed by atoms with Crippen LogP contribution >= 0.6 is 15.6 Å². The molecule has 468 valence electrons. The Morgan fingerprint density at radius 2 is 0.582 bits per heavy atom. The number of ether oxygens (including phenoxy) is 4. The van der Waals surface area contributed by atoms with E-state index in [2.05, 4.69) is 41.5 Å². The Bertz CT molecular complexity index is 1560. The maximum Gasteiger partial charge on any atom is 0.472 e. The van der Waals surface area contributed by atoms with Crippen molar-refractivity contribution in [3.05, 3.63) is 0 Å². The number of unbranched alkanes of at least 4 members (excludes halogenated alkanes) is 29. The van der Waals surface area contributed by atoms with Gasteiger partial charge in [-0.25, -0.2) is 9.13 Å². The monoisotopic (exact) mass is 1170 g/mol. The Morgan fingerprint density at radius 3 is 0.861 bits per heavy atom. The van der Waals surface area contributed by atoms with Gasteiger partial charge in [-0.1, -0.05) is 241 Å². The van der Waals surface area contributed by atoms with Gasteiger partial charge in [0.15, 0.2) is 12.2 Å². The normalized spacial score (nSPS) is 14.4. The van der Waals surface area contributed by atoms with Crippen molar-refractivity contribution >= 4 is 39.5 Å². The van der Waals surface area contributed by atoms with Crippen molar-refractivity contribution in [3.8, 4) is 0 Å². The molecule has 0 heterocycles. The molecule has 17 nitrogen and oxygen atoms in total. The number of rotatable bonds is 59. The highest BCUT2D eigenvalue weighted by Crippen LogP contribution is 2.45. The molecule has 0 fully saturated rings. The first-order valence-electron chi connectivity index (χ1n) is 31.5. The lowest BCUT2D eigenvalue weighted by Crippen LogP contribution is -2.30. The maximum absolute atomic E-state index is 12.9. The van der Waals surface area contributed by atoms with Gasteiger partial charge >= 0.3 is 39.5 Å². The molecule has 0 aromatic carbocycles. The Kier molecular flexibility index (Phi) is 51.5. The largest absolute Gasteiger partial charge is 0.472 e. The van der Waals surface area contributed by atoms with E-state index in [0.29, 0.717) is 25.7 Å². The summed E-state index contributed by atoms with van der Waals surface area (Å²) in [5.74, 6) is -0.642. The van der Waals surface area contributed by atoms with Crippen LogP contribution in [0.2, 0.25) is 0 Å². The van der Waals surface area contributed by atoms with E-state index in [4.69, 9.17) is 37.0 Å². The van der Waals surface area contributed by atoms with Gasteiger partial charge in [-0.2, -0.15) is 0 Å². The Morgan fingerprint density at radius 1 is 0.342 bits per heavy atom. The highest BCUT2D eigenvalue weighted by molar-refractivity contribution is 7.47. The van der Waals surface area contributed by atoms with Crippen molar-refractivity contribution in [2.45, 2.75) is 310 Å². The molecule has 0 amide bonds. The molecule has 0 aromatic rings. The topological polar surface area (TPSA) is 237 Å². The Balaban J connectivity index is 5.18. The molecular weight excluding hydrogens is 1050 g/mol. The number of hydrogen-bond acceptors (Lipinski definition) is 15. The number of carbonyl (C=O) groups is 4. The van der Waals surface area contributed by atoms with Gasteiger partial charge in [0.2, 0.25) is 0 Å². The minimum absolute atomic E-state index is 0.104. The van der Waals surface area contributed by atoms with Crippen LogP contribution in [-0.2, 0) is 65.4 Å². The fourth-order valence-electron chi connectivity index (χ4n) is 8.82. The van der Waals surface area contributed by atoms with Crippen molar-refractivity contribution in [1.29, 1.82) is 0 Å². The van der Waals surface area contributed by atoms with Crippen molar-refractivity contribution in [2.75, 3.05) is 39.6 Å². The summed E-state index contributed by atoms with van der Waals surface area (Å²) in [5.41, 5.74) is 0. The number of aliphatic hydroxyl groups is 1. The molecule has 0 radical (unpaired) electrons. The molecule has 0 aliphatic heterocycles. The summed E-state index contributed by atoms with van der Waals surface area (Å²) < 4.78 is 67.6. The quantitative estimate of drug-likeness (QED) is 0.0222. The summed E-state index contributed by atoms with van der Waals surface area (Å²) in [4.78, 5) is 71.7. The van der Waals surface area contributed by atoms with Gasteiger partial charge in [0.1, 0.15) is 19.3 Å². The number of esters is 4. The summed E-state index contributed by atoms with van der Waals surface area (Å²) in [6.07, 6.45) is 33.8. The predicted molar refractivity (Wildman–Crippen MR) is 312 cm³/mol. The fourth-order valence-corrected chi connectivity index (χ4v) is 10.4. The van der Waals surface area contributed by atoms with Crippen LogP contribution in [0, 0.1) is 11.8 Å². The van der Waals surface area contributed by atoms with Crippen molar-refractivity contribution < 1.29 is 80.2 Å². The van der Waals surface area contributed by atoms with Crippen LogP contribution in [0.15, 0.2) is 0 Å². The van der Waals surface area contributed by atoms with Gasteiger partial charge in [0, 0.05) is 25.7 Å². The second kappa shape index (κ2) is 52.8. The standard InChI is InChI=1S/C60H116O17P2/c1-7-9-11-13-14-25-32-38-44-59(64)76-55(48-70-57(62)42-36-28-12-10-8-2)50-74-78(66,67)72-46-54(61)47-73-79(68,69)75-51-56(77-60(65)45-39-33-27-22-18-16-20-24-30-35-41-53(5)6)49-71-58(63)43-37-31-26-21-17-15-19-23-29-34-40-52(3)4/h52-56,61H,7-51H2,1-6H3,(H,66,67)(H,68,69)/t54-,55+,56+/m0/s1. The summed E-state index contributed by atoms with van der Waals surface area (Å²) in [7, 11) is -9.87. The molecular formula is C60H116O17P2. The molecule has 0 aromatic heterocycles. The SMILES string of the molecule is CCCCCCCCCCC(=O)O[C@H](COC(=O)CCCCCCC)COP(=O)(O)OC[C@H](O)COP(=O)(O)OC[C@@H](COC(=O)CCCCCCCCCCCCC(C)C)OC(=O)CCCCCCCCCCCCC(C)C. The smallest absolute Gasteiger partial charge is 0.462 e. The minimum atomic E-state index is -4.94. The average Bonchev–Trinajstić information content (AvgIpc) is 3.40. The zero-order chi connectivity index (χ0) is 58.7. The molecule has 5 atom stereocenters. The molecule has 19 heteroatoms. The highest BCUT2D eigenvalue weighted by Gasteiger charge is 2.30. The van der Waals surface area contributed by atoms with Crippen LogP contribution in [0.4, 0.5) is 0 Å². The second-order valence-electron chi connectivity index (χ2n) is 22.7. The van der Waals surface area contributed by atoms with Gasteiger partial charge in [0.05, 0.1) is 26.4 Å². The van der Waals surface area contributed by atoms with E-state index in [9.17, 15) is 43.2 Å². The lowest BCUT2D eigenvalue weighted by atomic mass is 10.0. The summed E-state index contributed by atoms with van der Waals surface area (Å²) in [6.45, 7) is 9.33. The first-order valence-corrected chi connectivity index (χ1v) is 34.5. The molecule has 0 aliphatic carbocycles. The molecule has 0 saturated carbocycles. The van der Waals surface area contributed by atoms with Crippen LogP contribution in [0.1, 0.15) is 292 Å². The lowest BCUT2D eigenvalue weighted by molar-refractivity contribution is -0.161. The van der Waals surface area contributed by atoms with E-state index in [1.165, 1.54) is 96.3 Å². The number of carbonyl (C=O) groups excluding carboxylic acids is 4. The number of phosphoric ester groups is 2. The molecule has 0 rings (SSSR count). The maximum atomic E-state index is 12.9. The first-order chi connectivity index (χ1) is 37.9. The van der Waals surface area contributed by atoms with Gasteiger partial charge in [-0.05, 0) is 37.5 Å². The van der Waals surface area contributed by atoms with Crippen molar-refractivity contribution in [3.63, 3.8) is 0 Å². The number of aliphatic hydroxyl groups excluding tert-OH is 1. The van der Waals surface area contributed by atoms with Gasteiger partial charge in [-0.15, -0.1) is 0 Å². The molecule has 0 spiro atoms. The van der Waals surface area contributed by atoms with Crippen LogP contribution in [-0.4, -0.2) is 96.7 Å². The number of hydrogen-bond donors (Lipinski definition) is 3. The van der Waals surface area contributed by atoms with Crippen LogP contribution < -0.4 is 0 Å². The lowest BCUT2D eigenvalue weighted by Gasteiger charge is -2.21. The molecule has 3 N–H and O–H groups in total. The summed E-state index contributed by atoms with van der Waals surface area (Å²) in [6, 6.07) is 0. The third kappa shape index (κ3) is 55.0.